The average molecular weight is 550 g/mol. The van der Waals surface area contributed by atoms with Crippen molar-refractivity contribution in [3.05, 3.63) is 108 Å². The molecule has 38 heavy (non-hydrogen) atoms. The van der Waals surface area contributed by atoms with Gasteiger partial charge in [-0.2, -0.15) is 9.40 Å². The molecular weight excluding hydrogens is 525 g/mol. The largest absolute Gasteiger partial charge is 0.282 e. The Hall–Kier alpha value is -3.93. The molecule has 2 aromatic heterocycles. The zero-order valence-corrected chi connectivity index (χ0v) is 22.1. The maximum absolute atomic E-state index is 14.3. The molecule has 194 valence electrons. The standard InChI is InChI=1S/C27H24FN5O3S2/c1-31(19-20-7-3-2-4-8-20)38(35,36)22-13-11-21(12-14-22)26(34)33(18-17-32-16-6-15-29-32)27-30-25-23(28)9-5-10-24(25)37-27/h2-16H,17-19H2,1H3. The van der Waals surface area contributed by atoms with E-state index in [4.69, 9.17) is 0 Å². The van der Waals surface area contributed by atoms with Crippen LogP contribution in [-0.4, -0.2) is 47.0 Å². The molecule has 0 spiro atoms. The number of fused-ring (bicyclic) bond motifs is 1. The number of carbonyl (C=O) groups is 1. The van der Waals surface area contributed by atoms with Gasteiger partial charge in [0.1, 0.15) is 11.3 Å². The number of halogens is 1. The van der Waals surface area contributed by atoms with Gasteiger partial charge in [-0.3, -0.25) is 14.4 Å². The van der Waals surface area contributed by atoms with Crippen LogP contribution in [-0.2, 0) is 23.1 Å². The van der Waals surface area contributed by atoms with E-state index in [1.54, 1.807) is 35.3 Å². The molecular formula is C27H24FN5O3S2. The van der Waals surface area contributed by atoms with Gasteiger partial charge in [-0.15, -0.1) is 0 Å². The quantitative estimate of drug-likeness (QED) is 0.264. The van der Waals surface area contributed by atoms with E-state index in [1.165, 1.54) is 57.9 Å². The summed E-state index contributed by atoms with van der Waals surface area (Å²) in [6.45, 7) is 0.856. The Morgan fingerprint density at radius 3 is 2.45 bits per heavy atom. The number of para-hydroxylation sites is 1. The Bertz CT molecular complexity index is 1650. The number of nitrogens with zero attached hydrogens (tertiary/aromatic N) is 5. The maximum atomic E-state index is 14.3. The number of anilines is 1. The van der Waals surface area contributed by atoms with E-state index in [9.17, 15) is 17.6 Å². The fourth-order valence-corrected chi connectivity index (χ4v) is 6.13. The second-order valence-corrected chi connectivity index (χ2v) is 11.6. The van der Waals surface area contributed by atoms with Crippen LogP contribution in [0.3, 0.4) is 0 Å². The first-order chi connectivity index (χ1) is 18.3. The highest BCUT2D eigenvalue weighted by molar-refractivity contribution is 7.89. The summed E-state index contributed by atoms with van der Waals surface area (Å²) in [7, 11) is -2.25. The zero-order valence-electron chi connectivity index (χ0n) is 20.4. The van der Waals surface area contributed by atoms with Crippen molar-refractivity contribution in [3.8, 4) is 0 Å². The lowest BCUT2D eigenvalue weighted by Crippen LogP contribution is -2.34. The van der Waals surface area contributed by atoms with Crippen molar-refractivity contribution in [3.63, 3.8) is 0 Å². The Balaban J connectivity index is 1.40. The minimum absolute atomic E-state index is 0.0811. The molecule has 5 rings (SSSR count). The van der Waals surface area contributed by atoms with Crippen LogP contribution in [0.1, 0.15) is 15.9 Å². The lowest BCUT2D eigenvalue weighted by atomic mass is 10.2. The summed E-state index contributed by atoms with van der Waals surface area (Å²) in [6, 6.07) is 21.6. The van der Waals surface area contributed by atoms with Crippen LogP contribution in [0.25, 0.3) is 10.2 Å². The Morgan fingerprint density at radius 2 is 1.76 bits per heavy atom. The second-order valence-electron chi connectivity index (χ2n) is 8.58. The number of sulfonamides is 1. The van der Waals surface area contributed by atoms with Crippen molar-refractivity contribution in [2.45, 2.75) is 18.0 Å². The molecule has 2 heterocycles. The molecule has 0 saturated carbocycles. The lowest BCUT2D eigenvalue weighted by molar-refractivity contribution is 0.0985. The van der Waals surface area contributed by atoms with Gasteiger partial charge in [-0.05, 0) is 48.0 Å². The van der Waals surface area contributed by atoms with E-state index in [-0.39, 0.29) is 35.0 Å². The number of thiazole rings is 1. The van der Waals surface area contributed by atoms with Crippen molar-refractivity contribution in [1.82, 2.24) is 19.1 Å². The van der Waals surface area contributed by atoms with Crippen LogP contribution >= 0.6 is 11.3 Å². The lowest BCUT2D eigenvalue weighted by Gasteiger charge is -2.21. The Morgan fingerprint density at radius 1 is 1.00 bits per heavy atom. The molecule has 0 aliphatic carbocycles. The number of hydrogen-bond acceptors (Lipinski definition) is 6. The summed E-state index contributed by atoms with van der Waals surface area (Å²) in [6.07, 6.45) is 3.43. The molecule has 8 nitrogen and oxygen atoms in total. The number of carbonyl (C=O) groups excluding carboxylic acids is 1. The summed E-state index contributed by atoms with van der Waals surface area (Å²) >= 11 is 1.21. The molecule has 11 heteroatoms. The first kappa shape index (κ1) is 25.7. The van der Waals surface area contributed by atoms with Crippen LogP contribution < -0.4 is 4.90 Å². The summed E-state index contributed by atoms with van der Waals surface area (Å²) in [5, 5.41) is 4.53. The number of aromatic nitrogens is 3. The maximum Gasteiger partial charge on any atom is 0.260 e. The third kappa shape index (κ3) is 5.35. The predicted molar refractivity (Wildman–Crippen MR) is 145 cm³/mol. The number of amides is 1. The van der Waals surface area contributed by atoms with Crippen LogP contribution in [0.4, 0.5) is 9.52 Å². The molecule has 0 unspecified atom stereocenters. The van der Waals surface area contributed by atoms with E-state index >= 15 is 0 Å². The van der Waals surface area contributed by atoms with Gasteiger partial charge < -0.3 is 0 Å². The van der Waals surface area contributed by atoms with Gasteiger partial charge in [0.15, 0.2) is 5.13 Å². The molecule has 0 atom stereocenters. The van der Waals surface area contributed by atoms with Crippen LogP contribution in [0.5, 0.6) is 0 Å². The number of rotatable bonds is 9. The van der Waals surface area contributed by atoms with Gasteiger partial charge in [0, 0.05) is 38.1 Å². The van der Waals surface area contributed by atoms with Crippen molar-refractivity contribution in [2.75, 3.05) is 18.5 Å². The second kappa shape index (κ2) is 10.8. The Labute approximate surface area is 223 Å². The first-order valence-corrected chi connectivity index (χ1v) is 14.0. The summed E-state index contributed by atoms with van der Waals surface area (Å²) in [5.74, 6) is -0.836. The van der Waals surface area contributed by atoms with Gasteiger partial charge in [0.25, 0.3) is 5.91 Å². The molecule has 0 fully saturated rings. The summed E-state index contributed by atoms with van der Waals surface area (Å²) in [4.78, 5) is 19.6. The molecule has 0 radical (unpaired) electrons. The van der Waals surface area contributed by atoms with Gasteiger partial charge in [-0.25, -0.2) is 17.8 Å². The average Bonchev–Trinajstić information content (AvgIpc) is 3.60. The molecule has 0 aliphatic heterocycles. The molecule has 5 aromatic rings. The third-order valence-corrected chi connectivity index (χ3v) is 8.87. The third-order valence-electron chi connectivity index (χ3n) is 6.00. The van der Waals surface area contributed by atoms with Gasteiger partial charge >= 0.3 is 0 Å². The van der Waals surface area contributed by atoms with Crippen LogP contribution in [0, 0.1) is 5.82 Å². The van der Waals surface area contributed by atoms with Gasteiger partial charge in [0.2, 0.25) is 10.0 Å². The van der Waals surface area contributed by atoms with E-state index in [2.05, 4.69) is 10.1 Å². The number of hydrogen-bond donors (Lipinski definition) is 0. The monoisotopic (exact) mass is 549 g/mol. The van der Waals surface area contributed by atoms with E-state index < -0.39 is 15.8 Å². The van der Waals surface area contributed by atoms with E-state index in [1.807, 2.05) is 30.3 Å². The molecule has 1 amide bonds. The van der Waals surface area contributed by atoms with Crippen LogP contribution in [0.2, 0.25) is 0 Å². The minimum atomic E-state index is -3.77. The highest BCUT2D eigenvalue weighted by atomic mass is 32.2. The fraction of sp³-hybridized carbons (Fsp3) is 0.148. The first-order valence-electron chi connectivity index (χ1n) is 11.8. The smallest absolute Gasteiger partial charge is 0.260 e. The van der Waals surface area contributed by atoms with E-state index in [0.717, 1.165) is 5.56 Å². The highest BCUT2D eigenvalue weighted by Gasteiger charge is 2.25. The van der Waals surface area contributed by atoms with Crippen LogP contribution in [0.15, 0.2) is 96.2 Å². The Kier molecular flexibility index (Phi) is 7.32. The highest BCUT2D eigenvalue weighted by Crippen LogP contribution is 2.31. The molecule has 0 N–H and O–H groups in total. The topological polar surface area (TPSA) is 88.4 Å². The van der Waals surface area contributed by atoms with Crippen molar-refractivity contribution < 1.29 is 17.6 Å². The van der Waals surface area contributed by atoms with Crippen molar-refractivity contribution in [1.29, 1.82) is 0 Å². The number of benzene rings is 3. The van der Waals surface area contributed by atoms with Crippen molar-refractivity contribution in [2.24, 2.45) is 0 Å². The summed E-state index contributed by atoms with van der Waals surface area (Å²) in [5.41, 5.74) is 1.35. The minimum Gasteiger partial charge on any atom is -0.282 e. The predicted octanol–water partition coefficient (Wildman–Crippen LogP) is 4.80. The molecule has 3 aromatic carbocycles. The normalized spacial score (nSPS) is 11.8. The van der Waals surface area contributed by atoms with E-state index in [0.29, 0.717) is 16.4 Å². The van der Waals surface area contributed by atoms with Gasteiger partial charge in [-0.1, -0.05) is 47.7 Å². The zero-order chi connectivity index (χ0) is 26.7. The SMILES string of the molecule is CN(Cc1ccccc1)S(=O)(=O)c1ccc(C(=O)N(CCn2cccn2)c2nc3c(F)cccc3s2)cc1. The molecule has 0 bridgehead atoms. The van der Waals surface area contributed by atoms with Crippen molar-refractivity contribution >= 4 is 42.6 Å². The summed E-state index contributed by atoms with van der Waals surface area (Å²) < 4.78 is 44.1. The molecule has 0 saturated heterocycles. The van der Waals surface area contributed by atoms with Gasteiger partial charge in [0.05, 0.1) is 16.1 Å². The molecule has 0 aliphatic rings. The fourth-order valence-electron chi connectivity index (χ4n) is 3.97.